The van der Waals surface area contributed by atoms with Crippen molar-refractivity contribution in [2.75, 3.05) is 0 Å². The van der Waals surface area contributed by atoms with Gasteiger partial charge in [-0.2, -0.15) is 0 Å². The highest BCUT2D eigenvalue weighted by molar-refractivity contribution is 8.13. The van der Waals surface area contributed by atoms with Gasteiger partial charge < -0.3 is 5.32 Å². The Kier molecular flexibility index (Phi) is 5.32. The molecule has 2 nitrogen and oxygen atoms in total. The molecule has 1 aliphatic carbocycles. The van der Waals surface area contributed by atoms with Crippen LogP contribution in [-0.2, 0) is 0 Å². The number of benzene rings is 1. The van der Waals surface area contributed by atoms with Crippen LogP contribution in [0.15, 0.2) is 29.2 Å². The maximum atomic E-state index is 12.0. The van der Waals surface area contributed by atoms with Crippen LogP contribution >= 0.6 is 11.8 Å². The molecule has 2 rings (SSSR count). The Morgan fingerprint density at radius 2 is 2.00 bits per heavy atom. The molecule has 0 heterocycles. The lowest BCUT2D eigenvalue weighted by Crippen LogP contribution is -2.33. The Hall–Kier alpha value is -0.960. The molecule has 0 atom stereocenters. The number of amides is 1. The van der Waals surface area contributed by atoms with Gasteiger partial charge >= 0.3 is 0 Å². The van der Waals surface area contributed by atoms with Crippen LogP contribution in [0.1, 0.15) is 57.4 Å². The van der Waals surface area contributed by atoms with Crippen molar-refractivity contribution in [3.8, 4) is 0 Å². The Balaban J connectivity index is 1.89. The molecule has 0 aromatic heterocycles. The van der Waals surface area contributed by atoms with Gasteiger partial charge in [0.15, 0.2) is 0 Å². The minimum atomic E-state index is 0.0906. The van der Waals surface area contributed by atoms with Crippen LogP contribution in [0.25, 0.3) is 0 Å². The summed E-state index contributed by atoms with van der Waals surface area (Å²) < 4.78 is 0. The van der Waals surface area contributed by atoms with Crippen LogP contribution in [0.4, 0.5) is 4.79 Å². The van der Waals surface area contributed by atoms with Crippen LogP contribution in [-0.4, -0.2) is 11.3 Å². The highest BCUT2D eigenvalue weighted by atomic mass is 32.2. The highest BCUT2D eigenvalue weighted by Gasteiger charge is 2.16. The predicted molar refractivity (Wildman–Crippen MR) is 81.8 cm³/mol. The molecule has 0 aliphatic heterocycles. The van der Waals surface area contributed by atoms with E-state index in [1.54, 1.807) is 0 Å². The van der Waals surface area contributed by atoms with Crippen molar-refractivity contribution in [2.24, 2.45) is 0 Å². The maximum absolute atomic E-state index is 12.0. The standard InChI is InChI=1S/C16H23NOS/c1-12(2)13-7-6-10-15(11-13)19-16(18)17-14-8-4-3-5-9-14/h6-7,10-12,14H,3-5,8-9H2,1-2H3,(H,17,18). The highest BCUT2D eigenvalue weighted by Crippen LogP contribution is 2.25. The minimum Gasteiger partial charge on any atom is -0.344 e. The Bertz CT molecular complexity index is 425. The quantitative estimate of drug-likeness (QED) is 0.792. The molecule has 104 valence electrons. The summed E-state index contributed by atoms with van der Waals surface area (Å²) in [5.41, 5.74) is 1.29. The molecule has 0 spiro atoms. The molecule has 0 saturated heterocycles. The molecule has 1 aromatic rings. The second kappa shape index (κ2) is 6.99. The van der Waals surface area contributed by atoms with Crippen molar-refractivity contribution in [2.45, 2.75) is 62.8 Å². The predicted octanol–water partition coefficient (Wildman–Crippen LogP) is 4.94. The van der Waals surface area contributed by atoms with Crippen molar-refractivity contribution in [3.63, 3.8) is 0 Å². The van der Waals surface area contributed by atoms with E-state index in [0.29, 0.717) is 12.0 Å². The third-order valence-corrected chi connectivity index (χ3v) is 4.46. The number of carbonyl (C=O) groups excluding carboxylic acids is 1. The van der Waals surface area contributed by atoms with Gasteiger partial charge in [0.25, 0.3) is 5.24 Å². The molecule has 0 unspecified atom stereocenters. The summed E-state index contributed by atoms with van der Waals surface area (Å²) in [6.07, 6.45) is 6.09. The summed E-state index contributed by atoms with van der Waals surface area (Å²) in [6.45, 7) is 4.34. The van der Waals surface area contributed by atoms with Gasteiger partial charge in [0, 0.05) is 10.9 Å². The van der Waals surface area contributed by atoms with Gasteiger partial charge in [-0.05, 0) is 48.2 Å². The van der Waals surface area contributed by atoms with Gasteiger partial charge in [-0.1, -0.05) is 45.2 Å². The largest absolute Gasteiger partial charge is 0.344 e. The zero-order valence-electron chi connectivity index (χ0n) is 11.8. The van der Waals surface area contributed by atoms with Crippen LogP contribution in [0.2, 0.25) is 0 Å². The zero-order valence-corrected chi connectivity index (χ0v) is 12.6. The van der Waals surface area contributed by atoms with Crippen molar-refractivity contribution in [1.29, 1.82) is 0 Å². The molecule has 0 bridgehead atoms. The molecule has 3 heteroatoms. The first-order valence-electron chi connectivity index (χ1n) is 7.23. The SMILES string of the molecule is CC(C)c1cccc(SC(=O)NC2CCCCC2)c1. The summed E-state index contributed by atoms with van der Waals surface area (Å²) in [5, 5.41) is 3.23. The number of hydrogen-bond donors (Lipinski definition) is 1. The van der Waals surface area contributed by atoms with E-state index in [9.17, 15) is 4.79 Å². The van der Waals surface area contributed by atoms with E-state index < -0.39 is 0 Å². The lowest BCUT2D eigenvalue weighted by Gasteiger charge is -2.22. The number of rotatable bonds is 3. The molecule has 0 radical (unpaired) electrons. The van der Waals surface area contributed by atoms with E-state index in [4.69, 9.17) is 0 Å². The number of nitrogens with one attached hydrogen (secondary N) is 1. The fourth-order valence-corrected chi connectivity index (χ4v) is 3.27. The third kappa shape index (κ3) is 4.57. The second-order valence-corrected chi connectivity index (χ2v) is 6.64. The first-order valence-corrected chi connectivity index (χ1v) is 8.05. The van der Waals surface area contributed by atoms with Crippen molar-refractivity contribution >= 4 is 17.0 Å². The Morgan fingerprint density at radius 3 is 2.68 bits per heavy atom. The molecular formula is C16H23NOS. The van der Waals surface area contributed by atoms with Gasteiger partial charge in [-0.15, -0.1) is 0 Å². The molecule has 1 fully saturated rings. The van der Waals surface area contributed by atoms with E-state index in [1.807, 2.05) is 12.1 Å². The lowest BCUT2D eigenvalue weighted by atomic mass is 9.96. The van der Waals surface area contributed by atoms with Crippen LogP contribution in [0.3, 0.4) is 0 Å². The van der Waals surface area contributed by atoms with E-state index >= 15 is 0 Å². The number of thioether (sulfide) groups is 1. The molecule has 1 amide bonds. The van der Waals surface area contributed by atoms with E-state index in [-0.39, 0.29) is 5.24 Å². The second-order valence-electron chi connectivity index (χ2n) is 5.60. The Labute approximate surface area is 120 Å². The molecule has 1 saturated carbocycles. The van der Waals surface area contributed by atoms with Gasteiger partial charge in [0.2, 0.25) is 0 Å². The average molecular weight is 277 g/mol. The summed E-state index contributed by atoms with van der Waals surface area (Å²) in [4.78, 5) is 13.1. The first-order chi connectivity index (χ1) is 9.15. The van der Waals surface area contributed by atoms with Gasteiger partial charge in [-0.25, -0.2) is 0 Å². The molecule has 19 heavy (non-hydrogen) atoms. The van der Waals surface area contributed by atoms with E-state index in [2.05, 4.69) is 31.3 Å². The normalized spacial score (nSPS) is 16.6. The monoisotopic (exact) mass is 277 g/mol. The third-order valence-electron chi connectivity index (χ3n) is 3.66. The minimum absolute atomic E-state index is 0.0906. The fraction of sp³-hybridized carbons (Fsp3) is 0.562. The van der Waals surface area contributed by atoms with Crippen LogP contribution in [0.5, 0.6) is 0 Å². The van der Waals surface area contributed by atoms with Gasteiger partial charge in [-0.3, -0.25) is 4.79 Å². The van der Waals surface area contributed by atoms with Gasteiger partial charge in [0.05, 0.1) is 0 Å². The zero-order chi connectivity index (χ0) is 13.7. The van der Waals surface area contributed by atoms with E-state index in [0.717, 1.165) is 17.7 Å². The van der Waals surface area contributed by atoms with Crippen LogP contribution < -0.4 is 5.32 Å². The van der Waals surface area contributed by atoms with Crippen molar-refractivity contribution in [1.82, 2.24) is 5.32 Å². The average Bonchev–Trinajstić information content (AvgIpc) is 2.40. The molecular weight excluding hydrogens is 254 g/mol. The van der Waals surface area contributed by atoms with Crippen LogP contribution in [0, 0.1) is 0 Å². The fourth-order valence-electron chi connectivity index (χ4n) is 2.49. The molecule has 1 aliphatic rings. The molecule has 1 N–H and O–H groups in total. The summed E-state index contributed by atoms with van der Waals surface area (Å²) in [6, 6.07) is 8.67. The smallest absolute Gasteiger partial charge is 0.284 e. The number of carbonyl (C=O) groups is 1. The lowest BCUT2D eigenvalue weighted by molar-refractivity contribution is 0.253. The maximum Gasteiger partial charge on any atom is 0.284 e. The topological polar surface area (TPSA) is 29.1 Å². The first kappa shape index (κ1) is 14.4. The summed E-state index contributed by atoms with van der Waals surface area (Å²) >= 11 is 1.32. The van der Waals surface area contributed by atoms with Crippen molar-refractivity contribution in [3.05, 3.63) is 29.8 Å². The summed E-state index contributed by atoms with van der Waals surface area (Å²) in [7, 11) is 0. The Morgan fingerprint density at radius 1 is 1.26 bits per heavy atom. The molecule has 1 aromatic carbocycles. The van der Waals surface area contributed by atoms with Gasteiger partial charge in [0.1, 0.15) is 0 Å². The van der Waals surface area contributed by atoms with E-state index in [1.165, 1.54) is 36.6 Å². The number of hydrogen-bond acceptors (Lipinski definition) is 2. The summed E-state index contributed by atoms with van der Waals surface area (Å²) in [5.74, 6) is 0.502. The van der Waals surface area contributed by atoms with Crippen molar-refractivity contribution < 1.29 is 4.79 Å².